The molecule has 0 aliphatic carbocycles. The van der Waals surface area contributed by atoms with Crippen molar-refractivity contribution in [1.29, 1.82) is 0 Å². The highest BCUT2D eigenvalue weighted by atomic mass is 79.9. The molecular weight excluding hydrogens is 296 g/mol. The SMILES string of the molecule is COc1ccc(Br)cc1C(=O)Cc1ccncn1. The van der Waals surface area contributed by atoms with E-state index >= 15 is 0 Å². The molecule has 0 N–H and O–H groups in total. The molecule has 0 radical (unpaired) electrons. The Morgan fingerprint density at radius 2 is 2.22 bits per heavy atom. The van der Waals surface area contributed by atoms with Crippen molar-refractivity contribution in [1.82, 2.24) is 9.97 Å². The number of carbonyl (C=O) groups excluding carboxylic acids is 1. The van der Waals surface area contributed by atoms with Gasteiger partial charge in [-0.2, -0.15) is 0 Å². The van der Waals surface area contributed by atoms with Crippen LogP contribution in [0.5, 0.6) is 5.75 Å². The van der Waals surface area contributed by atoms with Gasteiger partial charge >= 0.3 is 0 Å². The largest absolute Gasteiger partial charge is 0.496 e. The maximum absolute atomic E-state index is 12.2. The minimum absolute atomic E-state index is 0.0353. The first-order valence-corrected chi connectivity index (χ1v) is 6.11. The predicted octanol–water partition coefficient (Wildman–Crippen LogP) is 2.67. The summed E-state index contributed by atoms with van der Waals surface area (Å²) in [6, 6.07) is 7.07. The number of halogens is 1. The molecule has 0 fully saturated rings. The summed E-state index contributed by atoms with van der Waals surface area (Å²) in [5.74, 6) is 0.532. The van der Waals surface area contributed by atoms with Crippen LogP contribution in [0, 0.1) is 0 Å². The standard InChI is InChI=1S/C13H11BrN2O2/c1-18-13-3-2-9(14)6-11(13)12(17)7-10-4-5-15-8-16-10/h2-6,8H,7H2,1H3. The third-order valence-corrected chi connectivity index (χ3v) is 2.94. The van der Waals surface area contributed by atoms with Crippen molar-refractivity contribution in [2.75, 3.05) is 7.11 Å². The molecule has 5 heteroatoms. The number of methoxy groups -OCH3 is 1. The molecule has 2 rings (SSSR count). The Kier molecular flexibility index (Phi) is 4.04. The van der Waals surface area contributed by atoms with Crippen LogP contribution in [-0.2, 0) is 6.42 Å². The number of carbonyl (C=O) groups is 1. The number of benzene rings is 1. The zero-order valence-corrected chi connectivity index (χ0v) is 11.3. The summed E-state index contributed by atoms with van der Waals surface area (Å²) >= 11 is 3.35. The van der Waals surface area contributed by atoms with Crippen molar-refractivity contribution in [2.24, 2.45) is 0 Å². The maximum Gasteiger partial charge on any atom is 0.172 e. The molecular formula is C13H11BrN2O2. The van der Waals surface area contributed by atoms with Gasteiger partial charge in [0.2, 0.25) is 0 Å². The van der Waals surface area contributed by atoms with Crippen LogP contribution in [-0.4, -0.2) is 22.9 Å². The normalized spacial score (nSPS) is 10.1. The molecule has 1 heterocycles. The molecule has 2 aromatic rings. The average Bonchev–Trinajstić information content (AvgIpc) is 2.40. The van der Waals surface area contributed by atoms with Crippen LogP contribution in [0.3, 0.4) is 0 Å². The third kappa shape index (κ3) is 2.92. The molecule has 0 saturated heterocycles. The van der Waals surface area contributed by atoms with Gasteiger partial charge in [0.25, 0.3) is 0 Å². The second-order valence-electron chi connectivity index (χ2n) is 3.65. The lowest BCUT2D eigenvalue weighted by Crippen LogP contribution is -2.07. The van der Waals surface area contributed by atoms with Gasteiger partial charge in [-0.15, -0.1) is 0 Å². The Morgan fingerprint density at radius 1 is 1.39 bits per heavy atom. The maximum atomic E-state index is 12.2. The minimum Gasteiger partial charge on any atom is -0.496 e. The number of ether oxygens (including phenoxy) is 1. The van der Waals surface area contributed by atoms with E-state index in [0.717, 1.165) is 4.47 Å². The molecule has 0 unspecified atom stereocenters. The summed E-state index contributed by atoms with van der Waals surface area (Å²) in [6.07, 6.45) is 3.28. The summed E-state index contributed by atoms with van der Waals surface area (Å²) in [7, 11) is 1.55. The summed E-state index contributed by atoms with van der Waals surface area (Å²) in [5, 5.41) is 0. The van der Waals surface area contributed by atoms with Crippen molar-refractivity contribution in [3.8, 4) is 5.75 Å². The van der Waals surface area contributed by atoms with Crippen LogP contribution < -0.4 is 4.74 Å². The Balaban J connectivity index is 2.26. The zero-order chi connectivity index (χ0) is 13.0. The van der Waals surface area contributed by atoms with Crippen molar-refractivity contribution < 1.29 is 9.53 Å². The van der Waals surface area contributed by atoms with Gasteiger partial charge in [0.1, 0.15) is 12.1 Å². The van der Waals surface area contributed by atoms with Gasteiger partial charge in [-0.3, -0.25) is 4.79 Å². The van der Waals surface area contributed by atoms with Gasteiger partial charge in [0.05, 0.1) is 24.8 Å². The Hall–Kier alpha value is -1.75. The first-order chi connectivity index (χ1) is 8.70. The monoisotopic (exact) mass is 306 g/mol. The van der Waals surface area contributed by atoms with Gasteiger partial charge in [-0.05, 0) is 24.3 Å². The molecule has 92 valence electrons. The lowest BCUT2D eigenvalue weighted by atomic mass is 10.1. The third-order valence-electron chi connectivity index (χ3n) is 2.45. The number of hydrogen-bond donors (Lipinski definition) is 0. The van der Waals surface area contributed by atoms with Crippen LogP contribution in [0.1, 0.15) is 16.1 Å². The van der Waals surface area contributed by atoms with E-state index in [0.29, 0.717) is 17.0 Å². The number of aromatic nitrogens is 2. The van der Waals surface area contributed by atoms with Gasteiger partial charge in [-0.1, -0.05) is 15.9 Å². The molecule has 18 heavy (non-hydrogen) atoms. The molecule has 0 saturated carbocycles. The Bertz CT molecular complexity index is 558. The fourth-order valence-electron chi connectivity index (χ4n) is 1.58. The summed E-state index contributed by atoms with van der Waals surface area (Å²) in [6.45, 7) is 0. The topological polar surface area (TPSA) is 52.1 Å². The van der Waals surface area contributed by atoms with E-state index in [4.69, 9.17) is 4.74 Å². The Morgan fingerprint density at radius 3 is 2.89 bits per heavy atom. The molecule has 1 aromatic carbocycles. The van der Waals surface area contributed by atoms with E-state index in [2.05, 4.69) is 25.9 Å². The van der Waals surface area contributed by atoms with E-state index < -0.39 is 0 Å². The fourth-order valence-corrected chi connectivity index (χ4v) is 1.94. The van der Waals surface area contributed by atoms with E-state index in [1.54, 1.807) is 31.5 Å². The molecule has 0 aliphatic rings. The van der Waals surface area contributed by atoms with Crippen LogP contribution >= 0.6 is 15.9 Å². The van der Waals surface area contributed by atoms with E-state index in [1.165, 1.54) is 6.33 Å². The molecule has 0 aliphatic heterocycles. The molecule has 0 bridgehead atoms. The first-order valence-electron chi connectivity index (χ1n) is 5.32. The molecule has 0 atom stereocenters. The fraction of sp³-hybridized carbons (Fsp3) is 0.154. The highest BCUT2D eigenvalue weighted by molar-refractivity contribution is 9.10. The van der Waals surface area contributed by atoms with Gasteiger partial charge in [0.15, 0.2) is 5.78 Å². The van der Waals surface area contributed by atoms with E-state index in [1.807, 2.05) is 6.07 Å². The van der Waals surface area contributed by atoms with E-state index in [9.17, 15) is 4.79 Å². The number of Topliss-reactive ketones (excluding diaryl/α,β-unsaturated/α-hetero) is 1. The number of rotatable bonds is 4. The Labute approximate surface area is 113 Å². The summed E-state index contributed by atoms with van der Waals surface area (Å²) in [5.41, 5.74) is 1.24. The van der Waals surface area contributed by atoms with E-state index in [-0.39, 0.29) is 12.2 Å². The van der Waals surface area contributed by atoms with Crippen molar-refractivity contribution in [3.05, 3.63) is 52.5 Å². The second-order valence-corrected chi connectivity index (χ2v) is 4.56. The molecule has 0 amide bonds. The first kappa shape index (κ1) is 12.7. The van der Waals surface area contributed by atoms with Crippen LogP contribution in [0.2, 0.25) is 0 Å². The number of ketones is 1. The summed E-state index contributed by atoms with van der Waals surface area (Å²) in [4.78, 5) is 20.0. The van der Waals surface area contributed by atoms with Crippen LogP contribution in [0.4, 0.5) is 0 Å². The lowest BCUT2D eigenvalue weighted by molar-refractivity contribution is 0.0989. The predicted molar refractivity (Wildman–Crippen MR) is 70.8 cm³/mol. The quantitative estimate of drug-likeness (QED) is 0.815. The van der Waals surface area contributed by atoms with Gasteiger partial charge in [-0.25, -0.2) is 9.97 Å². The molecule has 0 spiro atoms. The van der Waals surface area contributed by atoms with Crippen molar-refractivity contribution in [2.45, 2.75) is 6.42 Å². The van der Waals surface area contributed by atoms with Gasteiger partial charge < -0.3 is 4.74 Å². The second kappa shape index (κ2) is 5.73. The van der Waals surface area contributed by atoms with Crippen molar-refractivity contribution >= 4 is 21.7 Å². The zero-order valence-electron chi connectivity index (χ0n) is 9.76. The van der Waals surface area contributed by atoms with Crippen LogP contribution in [0.25, 0.3) is 0 Å². The molecule has 4 nitrogen and oxygen atoms in total. The number of hydrogen-bond acceptors (Lipinski definition) is 4. The molecule has 1 aromatic heterocycles. The highest BCUT2D eigenvalue weighted by Gasteiger charge is 2.13. The van der Waals surface area contributed by atoms with Crippen LogP contribution in [0.15, 0.2) is 41.3 Å². The smallest absolute Gasteiger partial charge is 0.172 e. The number of nitrogens with zero attached hydrogens (tertiary/aromatic N) is 2. The average molecular weight is 307 g/mol. The highest BCUT2D eigenvalue weighted by Crippen LogP contribution is 2.24. The summed E-state index contributed by atoms with van der Waals surface area (Å²) < 4.78 is 6.03. The van der Waals surface area contributed by atoms with Gasteiger partial charge in [0, 0.05) is 10.7 Å². The van der Waals surface area contributed by atoms with Crippen molar-refractivity contribution in [3.63, 3.8) is 0 Å². The lowest BCUT2D eigenvalue weighted by Gasteiger charge is -2.07. The minimum atomic E-state index is -0.0353.